The molecule has 16 heavy (non-hydrogen) atoms. The minimum Gasteiger partial charge on any atom is -0.387 e. The van der Waals surface area contributed by atoms with E-state index in [1.54, 1.807) is 0 Å². The number of rotatable bonds is 4. The predicted molar refractivity (Wildman–Crippen MR) is 54.4 cm³/mol. The minimum absolute atomic E-state index is 0.0181. The summed E-state index contributed by atoms with van der Waals surface area (Å²) >= 11 is 0. The van der Waals surface area contributed by atoms with Gasteiger partial charge in [-0.1, -0.05) is 13.8 Å². The Kier molecular flexibility index (Phi) is 4.32. The van der Waals surface area contributed by atoms with E-state index < -0.39 is 23.6 Å². The summed E-state index contributed by atoms with van der Waals surface area (Å²) in [6, 6.07) is 1.74. The first kappa shape index (κ1) is 13.0. The van der Waals surface area contributed by atoms with E-state index in [9.17, 15) is 18.3 Å². The quantitative estimate of drug-likeness (QED) is 0.781. The van der Waals surface area contributed by atoms with Crippen LogP contribution in [0.15, 0.2) is 12.1 Å². The van der Waals surface area contributed by atoms with Crippen LogP contribution in [0.2, 0.25) is 0 Å². The van der Waals surface area contributed by atoms with E-state index in [1.165, 1.54) is 0 Å². The molecule has 2 N–H and O–H groups in total. The SMILES string of the molecule is CC(C)NCC(O)c1cc(F)c(F)c(F)c1. The van der Waals surface area contributed by atoms with Gasteiger partial charge in [-0.15, -0.1) is 0 Å². The van der Waals surface area contributed by atoms with Crippen LogP contribution in [0, 0.1) is 17.5 Å². The van der Waals surface area contributed by atoms with Gasteiger partial charge in [0.25, 0.3) is 0 Å². The summed E-state index contributed by atoms with van der Waals surface area (Å²) in [5, 5.41) is 12.5. The number of benzene rings is 1. The van der Waals surface area contributed by atoms with Gasteiger partial charge in [-0.05, 0) is 17.7 Å². The number of halogens is 3. The average molecular weight is 233 g/mol. The van der Waals surface area contributed by atoms with Crippen molar-refractivity contribution in [2.75, 3.05) is 6.54 Å². The third-order valence-corrected chi connectivity index (χ3v) is 2.11. The zero-order valence-electron chi connectivity index (χ0n) is 9.10. The molecule has 0 fully saturated rings. The maximum atomic E-state index is 12.9. The molecule has 1 unspecified atom stereocenters. The Morgan fingerprint density at radius 3 is 2.12 bits per heavy atom. The first-order chi connectivity index (χ1) is 7.41. The molecule has 0 saturated carbocycles. The Labute approximate surface area is 92.1 Å². The van der Waals surface area contributed by atoms with Crippen molar-refractivity contribution in [1.82, 2.24) is 5.32 Å². The van der Waals surface area contributed by atoms with Gasteiger partial charge < -0.3 is 10.4 Å². The van der Waals surface area contributed by atoms with Gasteiger partial charge in [-0.2, -0.15) is 0 Å². The van der Waals surface area contributed by atoms with Crippen molar-refractivity contribution in [2.45, 2.75) is 26.0 Å². The number of aliphatic hydroxyl groups excluding tert-OH is 1. The highest BCUT2D eigenvalue weighted by atomic mass is 19.2. The lowest BCUT2D eigenvalue weighted by Gasteiger charge is -2.14. The Bertz CT molecular complexity index is 345. The molecule has 1 aromatic carbocycles. The smallest absolute Gasteiger partial charge is 0.194 e. The van der Waals surface area contributed by atoms with Gasteiger partial charge in [0, 0.05) is 12.6 Å². The summed E-state index contributed by atoms with van der Waals surface area (Å²) in [5.41, 5.74) is 0.0181. The van der Waals surface area contributed by atoms with Gasteiger partial charge in [-0.25, -0.2) is 13.2 Å². The molecule has 5 heteroatoms. The van der Waals surface area contributed by atoms with Crippen LogP contribution in [0.3, 0.4) is 0 Å². The molecule has 0 aliphatic heterocycles. The molecule has 0 saturated heterocycles. The van der Waals surface area contributed by atoms with Crippen LogP contribution in [0.5, 0.6) is 0 Å². The predicted octanol–water partition coefficient (Wildman–Crippen LogP) is 2.14. The fourth-order valence-electron chi connectivity index (χ4n) is 1.23. The van der Waals surface area contributed by atoms with E-state index in [0.717, 1.165) is 12.1 Å². The van der Waals surface area contributed by atoms with Crippen LogP contribution in [-0.4, -0.2) is 17.7 Å². The van der Waals surface area contributed by atoms with Crippen molar-refractivity contribution in [1.29, 1.82) is 0 Å². The third-order valence-electron chi connectivity index (χ3n) is 2.11. The molecule has 0 spiro atoms. The normalized spacial score (nSPS) is 13.2. The Morgan fingerprint density at radius 1 is 1.19 bits per heavy atom. The molecule has 0 aromatic heterocycles. The van der Waals surface area contributed by atoms with E-state index in [4.69, 9.17) is 0 Å². The molecule has 0 aliphatic carbocycles. The zero-order valence-corrected chi connectivity index (χ0v) is 9.10. The lowest BCUT2D eigenvalue weighted by atomic mass is 10.1. The molecule has 1 rings (SSSR count). The second-order valence-corrected chi connectivity index (χ2v) is 3.88. The molecule has 0 bridgehead atoms. The van der Waals surface area contributed by atoms with Gasteiger partial charge in [0.1, 0.15) is 0 Å². The van der Waals surface area contributed by atoms with Gasteiger partial charge in [0.05, 0.1) is 6.10 Å². The lowest BCUT2D eigenvalue weighted by Crippen LogP contribution is -2.28. The molecule has 2 nitrogen and oxygen atoms in total. The van der Waals surface area contributed by atoms with Crippen molar-refractivity contribution in [2.24, 2.45) is 0 Å². The lowest BCUT2D eigenvalue weighted by molar-refractivity contribution is 0.170. The summed E-state index contributed by atoms with van der Waals surface area (Å²) in [7, 11) is 0. The van der Waals surface area contributed by atoms with Gasteiger partial charge in [0.2, 0.25) is 0 Å². The number of aliphatic hydroxyl groups is 1. The molecule has 0 amide bonds. The molecular formula is C11H14F3NO. The van der Waals surface area contributed by atoms with Crippen molar-refractivity contribution >= 4 is 0 Å². The average Bonchev–Trinajstić information content (AvgIpc) is 2.21. The second kappa shape index (κ2) is 5.32. The topological polar surface area (TPSA) is 32.3 Å². The summed E-state index contributed by atoms with van der Waals surface area (Å²) in [4.78, 5) is 0. The number of hydrogen-bond donors (Lipinski definition) is 2. The van der Waals surface area contributed by atoms with Gasteiger partial charge in [-0.3, -0.25) is 0 Å². The monoisotopic (exact) mass is 233 g/mol. The standard InChI is InChI=1S/C11H14F3NO/c1-6(2)15-5-10(16)7-3-8(12)11(14)9(13)4-7/h3-4,6,10,15-16H,5H2,1-2H3. The van der Waals surface area contributed by atoms with Crippen LogP contribution >= 0.6 is 0 Å². The molecule has 1 atom stereocenters. The largest absolute Gasteiger partial charge is 0.387 e. The minimum atomic E-state index is -1.52. The van der Waals surface area contributed by atoms with Crippen molar-refractivity contribution < 1.29 is 18.3 Å². The van der Waals surface area contributed by atoms with Crippen molar-refractivity contribution in [3.63, 3.8) is 0 Å². The Hall–Kier alpha value is -1.07. The molecular weight excluding hydrogens is 219 g/mol. The number of hydrogen-bond acceptors (Lipinski definition) is 2. The summed E-state index contributed by atoms with van der Waals surface area (Å²) < 4.78 is 38.3. The van der Waals surface area contributed by atoms with Gasteiger partial charge in [0.15, 0.2) is 17.5 Å². The van der Waals surface area contributed by atoms with Gasteiger partial charge >= 0.3 is 0 Å². The fourth-order valence-corrected chi connectivity index (χ4v) is 1.23. The van der Waals surface area contributed by atoms with E-state index >= 15 is 0 Å². The van der Waals surface area contributed by atoms with E-state index in [1.807, 2.05) is 13.8 Å². The molecule has 90 valence electrons. The van der Waals surface area contributed by atoms with Crippen LogP contribution in [0.1, 0.15) is 25.5 Å². The molecule has 0 radical (unpaired) electrons. The van der Waals surface area contributed by atoms with Crippen molar-refractivity contribution in [3.05, 3.63) is 35.1 Å². The second-order valence-electron chi connectivity index (χ2n) is 3.88. The van der Waals surface area contributed by atoms with Crippen LogP contribution in [0.4, 0.5) is 13.2 Å². The highest BCUT2D eigenvalue weighted by molar-refractivity contribution is 5.21. The third kappa shape index (κ3) is 3.21. The summed E-state index contributed by atoms with van der Waals surface area (Å²) in [6.45, 7) is 3.90. The fraction of sp³-hybridized carbons (Fsp3) is 0.455. The van der Waals surface area contributed by atoms with Crippen molar-refractivity contribution in [3.8, 4) is 0 Å². The maximum Gasteiger partial charge on any atom is 0.194 e. The Morgan fingerprint density at radius 2 is 1.69 bits per heavy atom. The summed E-state index contributed by atoms with van der Waals surface area (Å²) in [5.74, 6) is -4.11. The molecule has 1 aromatic rings. The maximum absolute atomic E-state index is 12.9. The molecule has 0 heterocycles. The molecule has 0 aliphatic rings. The van der Waals surface area contributed by atoms with Crippen LogP contribution < -0.4 is 5.32 Å². The highest BCUT2D eigenvalue weighted by Gasteiger charge is 2.15. The Balaban J connectivity index is 2.80. The first-order valence-corrected chi connectivity index (χ1v) is 4.97. The van der Waals surface area contributed by atoms with E-state index in [0.29, 0.717) is 0 Å². The first-order valence-electron chi connectivity index (χ1n) is 4.97. The highest BCUT2D eigenvalue weighted by Crippen LogP contribution is 2.18. The number of nitrogens with one attached hydrogen (secondary N) is 1. The van der Waals surface area contributed by atoms with Crippen LogP contribution in [-0.2, 0) is 0 Å². The summed E-state index contributed by atoms with van der Waals surface area (Å²) in [6.07, 6.45) is -1.06. The van der Waals surface area contributed by atoms with E-state index in [2.05, 4.69) is 5.32 Å². The van der Waals surface area contributed by atoms with Crippen LogP contribution in [0.25, 0.3) is 0 Å². The van der Waals surface area contributed by atoms with E-state index in [-0.39, 0.29) is 18.2 Å². The zero-order chi connectivity index (χ0) is 12.3.